The van der Waals surface area contributed by atoms with Crippen LogP contribution in [-0.2, 0) is 19.6 Å². The predicted molar refractivity (Wildman–Crippen MR) is 101 cm³/mol. The maximum Gasteiger partial charge on any atom is 0.243 e. The van der Waals surface area contributed by atoms with E-state index in [0.29, 0.717) is 5.69 Å². The third-order valence-electron chi connectivity index (χ3n) is 3.45. The van der Waals surface area contributed by atoms with Crippen molar-refractivity contribution in [3.05, 3.63) is 53.3 Å². The maximum absolute atomic E-state index is 13.0. The number of amides is 2. The van der Waals surface area contributed by atoms with E-state index in [9.17, 15) is 22.4 Å². The van der Waals surface area contributed by atoms with Crippen LogP contribution in [0.25, 0.3) is 0 Å². The van der Waals surface area contributed by atoms with Crippen LogP contribution in [0, 0.1) is 5.82 Å². The largest absolute Gasteiger partial charge is 0.326 e. The number of anilines is 2. The van der Waals surface area contributed by atoms with Crippen LogP contribution < -0.4 is 10.6 Å². The van der Waals surface area contributed by atoms with Crippen molar-refractivity contribution in [1.82, 2.24) is 4.31 Å². The first-order valence-electron chi connectivity index (χ1n) is 7.68. The van der Waals surface area contributed by atoms with Gasteiger partial charge in [0.05, 0.1) is 22.2 Å². The first-order chi connectivity index (χ1) is 12.6. The molecule has 0 aromatic heterocycles. The molecule has 0 aliphatic heterocycles. The van der Waals surface area contributed by atoms with Crippen molar-refractivity contribution in [2.75, 3.05) is 24.2 Å². The molecule has 2 rings (SSSR count). The number of hydrogen-bond donors (Lipinski definition) is 2. The first-order valence-corrected chi connectivity index (χ1v) is 9.50. The first kappa shape index (κ1) is 20.8. The van der Waals surface area contributed by atoms with Gasteiger partial charge in [-0.25, -0.2) is 12.8 Å². The minimum atomic E-state index is -3.95. The molecule has 0 atom stereocenters. The molecule has 2 aromatic carbocycles. The van der Waals surface area contributed by atoms with Crippen molar-refractivity contribution in [3.8, 4) is 0 Å². The summed E-state index contributed by atoms with van der Waals surface area (Å²) < 4.78 is 38.6. The van der Waals surface area contributed by atoms with Crippen LogP contribution in [-0.4, -0.2) is 38.1 Å². The van der Waals surface area contributed by atoms with Crippen molar-refractivity contribution < 1.29 is 22.4 Å². The normalized spacial score (nSPS) is 11.3. The zero-order chi connectivity index (χ0) is 20.2. The average molecular weight is 414 g/mol. The molecular weight excluding hydrogens is 397 g/mol. The summed E-state index contributed by atoms with van der Waals surface area (Å²) in [7, 11) is -2.71. The third-order valence-corrected chi connectivity index (χ3v) is 5.58. The molecule has 0 bridgehead atoms. The summed E-state index contributed by atoms with van der Waals surface area (Å²) in [5, 5.41) is 5.23. The second-order valence-electron chi connectivity index (χ2n) is 5.64. The molecule has 27 heavy (non-hydrogen) atoms. The van der Waals surface area contributed by atoms with E-state index in [1.54, 1.807) is 6.07 Å². The quantitative estimate of drug-likeness (QED) is 0.761. The van der Waals surface area contributed by atoms with Gasteiger partial charge in [-0.05, 0) is 42.5 Å². The molecule has 0 spiro atoms. The van der Waals surface area contributed by atoms with Gasteiger partial charge in [0.15, 0.2) is 0 Å². The zero-order valence-corrected chi connectivity index (χ0v) is 16.1. The smallest absolute Gasteiger partial charge is 0.243 e. The number of halogens is 2. The molecule has 0 saturated carbocycles. The Hall–Kier alpha value is -2.49. The number of hydrogen-bond acceptors (Lipinski definition) is 4. The van der Waals surface area contributed by atoms with Crippen molar-refractivity contribution in [2.45, 2.75) is 11.8 Å². The van der Waals surface area contributed by atoms with Gasteiger partial charge in [0.1, 0.15) is 5.82 Å². The van der Waals surface area contributed by atoms with E-state index in [2.05, 4.69) is 10.6 Å². The Labute approximate surface area is 161 Å². The van der Waals surface area contributed by atoms with E-state index in [1.165, 1.54) is 26.1 Å². The molecule has 7 nitrogen and oxygen atoms in total. The highest BCUT2D eigenvalue weighted by molar-refractivity contribution is 7.89. The van der Waals surface area contributed by atoms with E-state index in [1.807, 2.05) is 0 Å². The maximum atomic E-state index is 13.0. The molecule has 2 N–H and O–H groups in total. The van der Waals surface area contributed by atoms with Crippen LogP contribution in [0.4, 0.5) is 15.8 Å². The van der Waals surface area contributed by atoms with Crippen molar-refractivity contribution >= 4 is 44.8 Å². The van der Waals surface area contributed by atoms with Crippen LogP contribution in [0.3, 0.4) is 0 Å². The molecular formula is C17H17ClFN3O4S. The Morgan fingerprint density at radius 3 is 2.30 bits per heavy atom. The SMILES string of the molecule is CC(=O)Nc1ccc(NC(=O)CN(C)S(=O)(=O)c2ccc(F)cc2)c(Cl)c1. The van der Waals surface area contributed by atoms with E-state index >= 15 is 0 Å². The minimum Gasteiger partial charge on any atom is -0.326 e. The van der Waals surface area contributed by atoms with E-state index in [-0.39, 0.29) is 21.5 Å². The lowest BCUT2D eigenvalue weighted by atomic mass is 10.2. The van der Waals surface area contributed by atoms with Gasteiger partial charge in [0.2, 0.25) is 21.8 Å². The van der Waals surface area contributed by atoms with Gasteiger partial charge in [0, 0.05) is 19.7 Å². The number of nitrogens with one attached hydrogen (secondary N) is 2. The molecule has 0 fully saturated rings. The highest BCUT2D eigenvalue weighted by Gasteiger charge is 2.23. The summed E-state index contributed by atoms with van der Waals surface area (Å²) in [6.45, 7) is 0.879. The number of carbonyl (C=O) groups excluding carboxylic acids is 2. The molecule has 0 aliphatic rings. The minimum absolute atomic E-state index is 0.128. The highest BCUT2D eigenvalue weighted by Crippen LogP contribution is 2.25. The van der Waals surface area contributed by atoms with Gasteiger partial charge < -0.3 is 10.6 Å². The second-order valence-corrected chi connectivity index (χ2v) is 8.09. The van der Waals surface area contributed by atoms with Crippen molar-refractivity contribution in [1.29, 1.82) is 0 Å². The monoisotopic (exact) mass is 413 g/mol. The van der Waals surface area contributed by atoms with E-state index in [4.69, 9.17) is 11.6 Å². The fourth-order valence-corrected chi connectivity index (χ4v) is 3.52. The van der Waals surface area contributed by atoms with Crippen LogP contribution in [0.2, 0.25) is 5.02 Å². The Morgan fingerprint density at radius 1 is 1.11 bits per heavy atom. The molecule has 0 unspecified atom stereocenters. The van der Waals surface area contributed by atoms with Crippen LogP contribution in [0.5, 0.6) is 0 Å². The van der Waals surface area contributed by atoms with Crippen molar-refractivity contribution in [2.24, 2.45) is 0 Å². The Balaban J connectivity index is 2.06. The molecule has 2 amide bonds. The lowest BCUT2D eigenvalue weighted by molar-refractivity contribution is -0.116. The average Bonchev–Trinajstić information content (AvgIpc) is 2.57. The Morgan fingerprint density at radius 2 is 1.74 bits per heavy atom. The summed E-state index contributed by atoms with van der Waals surface area (Å²) in [5.74, 6) is -1.44. The van der Waals surface area contributed by atoms with Gasteiger partial charge in [-0.2, -0.15) is 4.31 Å². The molecule has 10 heteroatoms. The number of likely N-dealkylation sites (N-methyl/N-ethyl adjacent to an activating group) is 1. The molecule has 0 radical (unpaired) electrons. The number of carbonyl (C=O) groups is 2. The van der Waals surface area contributed by atoms with E-state index in [0.717, 1.165) is 28.6 Å². The number of benzene rings is 2. The van der Waals surface area contributed by atoms with E-state index < -0.39 is 28.3 Å². The lowest BCUT2D eigenvalue weighted by Gasteiger charge is -2.17. The molecule has 0 heterocycles. The summed E-state index contributed by atoms with van der Waals surface area (Å²) in [6, 6.07) is 8.78. The molecule has 144 valence electrons. The molecule has 0 saturated heterocycles. The van der Waals surface area contributed by atoms with Gasteiger partial charge in [-0.15, -0.1) is 0 Å². The predicted octanol–water partition coefficient (Wildman–Crippen LogP) is 2.70. The van der Waals surface area contributed by atoms with Crippen LogP contribution >= 0.6 is 11.6 Å². The topological polar surface area (TPSA) is 95.6 Å². The van der Waals surface area contributed by atoms with Crippen LogP contribution in [0.1, 0.15) is 6.92 Å². The van der Waals surface area contributed by atoms with Gasteiger partial charge in [-0.1, -0.05) is 11.6 Å². The second kappa shape index (κ2) is 8.47. The zero-order valence-electron chi connectivity index (χ0n) is 14.5. The summed E-state index contributed by atoms with van der Waals surface area (Å²) in [4.78, 5) is 23.1. The summed E-state index contributed by atoms with van der Waals surface area (Å²) in [6.07, 6.45) is 0. The van der Waals surface area contributed by atoms with Gasteiger partial charge in [0.25, 0.3) is 0 Å². The van der Waals surface area contributed by atoms with Crippen molar-refractivity contribution in [3.63, 3.8) is 0 Å². The number of rotatable bonds is 6. The van der Waals surface area contributed by atoms with Gasteiger partial charge >= 0.3 is 0 Å². The fraction of sp³-hybridized carbons (Fsp3) is 0.176. The summed E-state index contributed by atoms with van der Waals surface area (Å²) in [5.41, 5.74) is 0.727. The number of nitrogens with zero attached hydrogens (tertiary/aromatic N) is 1. The molecule has 0 aliphatic carbocycles. The standard InChI is InChI=1S/C17H17ClFN3O4S/c1-11(23)20-13-5-8-16(15(18)9-13)21-17(24)10-22(2)27(25,26)14-6-3-12(19)4-7-14/h3-9H,10H2,1-2H3,(H,20,23)(H,21,24). The Bertz CT molecular complexity index is 965. The lowest BCUT2D eigenvalue weighted by Crippen LogP contribution is -2.35. The highest BCUT2D eigenvalue weighted by atomic mass is 35.5. The number of sulfonamides is 1. The van der Waals surface area contributed by atoms with Gasteiger partial charge in [-0.3, -0.25) is 9.59 Å². The molecule has 2 aromatic rings. The summed E-state index contributed by atoms with van der Waals surface area (Å²) >= 11 is 6.06. The third kappa shape index (κ3) is 5.49. The fourth-order valence-electron chi connectivity index (χ4n) is 2.16. The van der Waals surface area contributed by atoms with Crippen LogP contribution in [0.15, 0.2) is 47.4 Å². The Kier molecular flexibility index (Phi) is 6.53.